The number of hydrogen-bond donors (Lipinski definition) is 0. The second-order valence-electron chi connectivity index (χ2n) is 5.97. The molecule has 3 nitrogen and oxygen atoms in total. The van der Waals surface area contributed by atoms with Crippen molar-refractivity contribution in [2.45, 2.75) is 45.4 Å². The Morgan fingerprint density at radius 3 is 2.68 bits per heavy atom. The molecule has 1 aliphatic rings. The summed E-state index contributed by atoms with van der Waals surface area (Å²) in [5, 5.41) is 0. The largest absolute Gasteiger partial charge is 0.497 e. The first-order chi connectivity index (χ1) is 10.7. The summed E-state index contributed by atoms with van der Waals surface area (Å²) in [4.78, 5) is 2.49. The average Bonchev–Trinajstić information content (AvgIpc) is 2.87. The summed E-state index contributed by atoms with van der Waals surface area (Å²) in [5.41, 5.74) is 2.69. The summed E-state index contributed by atoms with van der Waals surface area (Å²) in [6.07, 6.45) is 4.76. The van der Waals surface area contributed by atoms with E-state index in [1.165, 1.54) is 30.5 Å². The van der Waals surface area contributed by atoms with Crippen molar-refractivity contribution in [3.05, 3.63) is 22.2 Å². The smallest absolute Gasteiger partial charge is 0.122 e. The Morgan fingerprint density at radius 1 is 1.23 bits per heavy atom. The monoisotopic (exact) mass is 369 g/mol. The second-order valence-corrected chi connectivity index (χ2v) is 6.82. The van der Waals surface area contributed by atoms with Gasteiger partial charge < -0.3 is 14.4 Å². The van der Waals surface area contributed by atoms with Crippen molar-refractivity contribution in [2.75, 3.05) is 38.3 Å². The standard InChI is InChI=1S/C18H28BrNO2/c1-4-6-8-20-12-14(13-22-9-7-5-2)18-16(19)10-15(21-3)11-17(18)20/h10-11,14H,4-9,12-13H2,1-3H3. The first kappa shape index (κ1) is 17.6. The van der Waals surface area contributed by atoms with Crippen LogP contribution < -0.4 is 9.64 Å². The van der Waals surface area contributed by atoms with Crippen LogP contribution >= 0.6 is 15.9 Å². The number of hydrogen-bond acceptors (Lipinski definition) is 3. The third-order valence-corrected chi connectivity index (χ3v) is 4.91. The van der Waals surface area contributed by atoms with Crippen LogP contribution in [0.1, 0.15) is 51.0 Å². The Balaban J connectivity index is 2.15. The summed E-state index contributed by atoms with van der Waals surface area (Å²) in [5.74, 6) is 1.36. The Morgan fingerprint density at radius 2 is 2.00 bits per heavy atom. The molecule has 0 fully saturated rings. The molecular formula is C18H28BrNO2. The molecule has 0 saturated heterocycles. The van der Waals surface area contributed by atoms with Crippen molar-refractivity contribution in [3.8, 4) is 5.75 Å². The number of methoxy groups -OCH3 is 1. The predicted molar refractivity (Wildman–Crippen MR) is 96.3 cm³/mol. The summed E-state index contributed by atoms with van der Waals surface area (Å²) < 4.78 is 12.5. The van der Waals surface area contributed by atoms with Crippen molar-refractivity contribution in [3.63, 3.8) is 0 Å². The molecule has 0 aromatic heterocycles. The van der Waals surface area contributed by atoms with Gasteiger partial charge in [0.05, 0.1) is 13.7 Å². The number of rotatable bonds is 9. The van der Waals surface area contributed by atoms with E-state index in [9.17, 15) is 0 Å². The summed E-state index contributed by atoms with van der Waals surface area (Å²) in [6, 6.07) is 4.24. The molecule has 1 aromatic carbocycles. The lowest BCUT2D eigenvalue weighted by Gasteiger charge is -2.20. The third-order valence-electron chi connectivity index (χ3n) is 4.25. The maximum atomic E-state index is 5.90. The van der Waals surface area contributed by atoms with Crippen LogP contribution in [-0.2, 0) is 4.74 Å². The van der Waals surface area contributed by atoms with E-state index >= 15 is 0 Å². The Kier molecular flexibility index (Phi) is 7.03. The molecule has 0 spiro atoms. The predicted octanol–water partition coefficient (Wildman–Crippen LogP) is 4.98. The van der Waals surface area contributed by atoms with Crippen LogP contribution in [0.2, 0.25) is 0 Å². The van der Waals surface area contributed by atoms with E-state index in [-0.39, 0.29) is 0 Å². The van der Waals surface area contributed by atoms with Gasteiger partial charge in [0, 0.05) is 41.8 Å². The van der Waals surface area contributed by atoms with E-state index < -0.39 is 0 Å². The summed E-state index contributed by atoms with van der Waals surface area (Å²) in [7, 11) is 1.73. The molecular weight excluding hydrogens is 342 g/mol. The number of anilines is 1. The van der Waals surface area contributed by atoms with Gasteiger partial charge in [-0.2, -0.15) is 0 Å². The minimum absolute atomic E-state index is 0.448. The quantitative estimate of drug-likeness (QED) is 0.573. The first-order valence-corrected chi connectivity index (χ1v) is 9.20. The molecule has 1 aromatic rings. The maximum Gasteiger partial charge on any atom is 0.122 e. The normalized spacial score (nSPS) is 16.9. The lowest BCUT2D eigenvalue weighted by atomic mass is 10.0. The van der Waals surface area contributed by atoms with E-state index in [0.29, 0.717) is 5.92 Å². The molecule has 0 bridgehead atoms. The molecule has 0 saturated carbocycles. The fourth-order valence-corrected chi connectivity index (χ4v) is 3.74. The van der Waals surface area contributed by atoms with E-state index in [1.807, 2.05) is 0 Å². The molecule has 0 amide bonds. The van der Waals surface area contributed by atoms with Gasteiger partial charge in [-0.05, 0) is 24.5 Å². The zero-order valence-electron chi connectivity index (χ0n) is 14.0. The van der Waals surface area contributed by atoms with Gasteiger partial charge in [-0.3, -0.25) is 0 Å². The molecule has 1 aliphatic heterocycles. The fraction of sp³-hybridized carbons (Fsp3) is 0.667. The molecule has 124 valence electrons. The first-order valence-electron chi connectivity index (χ1n) is 8.41. The number of unbranched alkanes of at least 4 members (excludes halogenated alkanes) is 2. The Labute approximate surface area is 143 Å². The van der Waals surface area contributed by atoms with E-state index in [4.69, 9.17) is 9.47 Å². The van der Waals surface area contributed by atoms with Crippen molar-refractivity contribution < 1.29 is 9.47 Å². The summed E-state index contributed by atoms with van der Waals surface area (Å²) >= 11 is 3.74. The number of fused-ring (bicyclic) bond motifs is 1. The maximum absolute atomic E-state index is 5.90. The zero-order chi connectivity index (χ0) is 15.9. The molecule has 22 heavy (non-hydrogen) atoms. The highest BCUT2D eigenvalue weighted by Gasteiger charge is 2.31. The van der Waals surface area contributed by atoms with E-state index in [2.05, 4.69) is 46.8 Å². The molecule has 0 radical (unpaired) electrons. The molecule has 4 heteroatoms. The highest BCUT2D eigenvalue weighted by atomic mass is 79.9. The number of nitrogens with zero attached hydrogens (tertiary/aromatic N) is 1. The lowest BCUT2D eigenvalue weighted by Crippen LogP contribution is -2.24. The SMILES string of the molecule is CCCCOCC1CN(CCCC)c2cc(OC)cc(Br)c21. The van der Waals surface area contributed by atoms with Crippen LogP contribution in [0.5, 0.6) is 5.75 Å². The van der Waals surface area contributed by atoms with E-state index in [1.54, 1.807) is 7.11 Å². The Bertz CT molecular complexity index is 478. The summed E-state index contributed by atoms with van der Waals surface area (Å²) in [6.45, 7) is 8.26. The van der Waals surface area contributed by atoms with Gasteiger partial charge in [0.15, 0.2) is 0 Å². The fourth-order valence-electron chi connectivity index (χ4n) is 2.99. The topological polar surface area (TPSA) is 21.7 Å². The van der Waals surface area contributed by atoms with Gasteiger partial charge in [0.2, 0.25) is 0 Å². The van der Waals surface area contributed by atoms with Crippen molar-refractivity contribution in [1.82, 2.24) is 0 Å². The van der Waals surface area contributed by atoms with E-state index in [0.717, 1.165) is 42.9 Å². The molecule has 2 rings (SSSR count). The number of halogens is 1. The molecule has 1 unspecified atom stereocenters. The van der Waals surface area contributed by atoms with Gasteiger partial charge in [-0.25, -0.2) is 0 Å². The highest BCUT2D eigenvalue weighted by Crippen LogP contribution is 2.43. The molecule has 1 atom stereocenters. The zero-order valence-corrected chi connectivity index (χ0v) is 15.6. The van der Waals surface area contributed by atoms with Crippen LogP contribution in [0, 0.1) is 0 Å². The third kappa shape index (κ3) is 4.17. The number of benzene rings is 1. The van der Waals surface area contributed by atoms with Crippen molar-refractivity contribution in [1.29, 1.82) is 0 Å². The molecule has 0 N–H and O–H groups in total. The van der Waals surface area contributed by atoms with Crippen LogP contribution in [0.15, 0.2) is 16.6 Å². The van der Waals surface area contributed by atoms with Gasteiger partial charge in [0.1, 0.15) is 5.75 Å². The van der Waals surface area contributed by atoms with Crippen molar-refractivity contribution >= 4 is 21.6 Å². The van der Waals surface area contributed by atoms with Crippen LogP contribution in [-0.4, -0.2) is 33.4 Å². The highest BCUT2D eigenvalue weighted by molar-refractivity contribution is 9.10. The van der Waals surface area contributed by atoms with Gasteiger partial charge in [-0.15, -0.1) is 0 Å². The average molecular weight is 370 g/mol. The van der Waals surface area contributed by atoms with Crippen molar-refractivity contribution in [2.24, 2.45) is 0 Å². The van der Waals surface area contributed by atoms with Crippen LogP contribution in [0.25, 0.3) is 0 Å². The lowest BCUT2D eigenvalue weighted by molar-refractivity contribution is 0.120. The van der Waals surface area contributed by atoms with Gasteiger partial charge in [0.25, 0.3) is 0 Å². The minimum Gasteiger partial charge on any atom is -0.497 e. The van der Waals surface area contributed by atoms with Gasteiger partial charge >= 0.3 is 0 Å². The molecule has 1 heterocycles. The molecule has 0 aliphatic carbocycles. The second kappa shape index (κ2) is 8.78. The van der Waals surface area contributed by atoms with Crippen LogP contribution in [0.3, 0.4) is 0 Å². The minimum atomic E-state index is 0.448. The van der Waals surface area contributed by atoms with Crippen LogP contribution in [0.4, 0.5) is 5.69 Å². The number of ether oxygens (including phenoxy) is 2. The van der Waals surface area contributed by atoms with Gasteiger partial charge in [-0.1, -0.05) is 42.6 Å². The Hall–Kier alpha value is -0.740.